The van der Waals surface area contributed by atoms with Crippen LogP contribution in [0.2, 0.25) is 0 Å². The minimum absolute atomic E-state index is 0.108. The third-order valence-corrected chi connectivity index (χ3v) is 3.91. The molecule has 1 aliphatic heterocycles. The van der Waals surface area contributed by atoms with E-state index >= 15 is 0 Å². The number of aromatic nitrogens is 3. The number of anilines is 2. The van der Waals surface area contributed by atoms with E-state index in [2.05, 4.69) is 30.5 Å². The van der Waals surface area contributed by atoms with Crippen molar-refractivity contribution in [3.63, 3.8) is 0 Å². The Morgan fingerprint density at radius 3 is 2.32 bits per heavy atom. The van der Waals surface area contributed by atoms with E-state index in [1.54, 1.807) is 6.92 Å². The summed E-state index contributed by atoms with van der Waals surface area (Å²) >= 11 is 0. The third-order valence-electron chi connectivity index (χ3n) is 3.91. The van der Waals surface area contributed by atoms with Gasteiger partial charge in [0.2, 0.25) is 17.8 Å². The van der Waals surface area contributed by atoms with Crippen molar-refractivity contribution in [3.05, 3.63) is 0 Å². The number of rotatable bonds is 5. The van der Waals surface area contributed by atoms with Crippen LogP contribution < -0.4 is 20.3 Å². The molecule has 2 N–H and O–H groups in total. The lowest BCUT2D eigenvalue weighted by Gasteiger charge is -2.24. The van der Waals surface area contributed by atoms with Crippen molar-refractivity contribution in [2.45, 2.75) is 65.0 Å². The first kappa shape index (κ1) is 19.2. The second-order valence-corrected chi connectivity index (χ2v) is 7.45. The van der Waals surface area contributed by atoms with Gasteiger partial charge in [-0.3, -0.25) is 4.79 Å². The topological polar surface area (TPSA) is 92.3 Å². The highest BCUT2D eigenvalue weighted by Crippen LogP contribution is 2.19. The van der Waals surface area contributed by atoms with E-state index in [-0.39, 0.29) is 17.5 Å². The fourth-order valence-corrected chi connectivity index (χ4v) is 2.65. The van der Waals surface area contributed by atoms with Crippen LogP contribution in [0, 0.1) is 0 Å². The molecule has 1 unspecified atom stereocenters. The first-order valence-electron chi connectivity index (χ1n) is 8.92. The Morgan fingerprint density at radius 2 is 1.76 bits per heavy atom. The average Bonchev–Trinajstić information content (AvgIpc) is 2.82. The van der Waals surface area contributed by atoms with Crippen LogP contribution in [0.1, 0.15) is 53.4 Å². The lowest BCUT2D eigenvalue weighted by Crippen LogP contribution is -2.47. The minimum Gasteiger partial charge on any atom is -0.467 e. The monoisotopic (exact) mass is 350 g/mol. The molecular formula is C17H30N6O2. The highest BCUT2D eigenvalue weighted by atomic mass is 16.5. The zero-order valence-corrected chi connectivity index (χ0v) is 15.9. The van der Waals surface area contributed by atoms with Crippen LogP contribution in [0.25, 0.3) is 0 Å². The number of ether oxygens (including phenoxy) is 1. The summed E-state index contributed by atoms with van der Waals surface area (Å²) in [6.45, 7) is 9.46. The van der Waals surface area contributed by atoms with E-state index in [4.69, 9.17) is 4.74 Å². The molecule has 140 valence electrons. The number of carbonyl (C=O) groups excluding carboxylic acids is 1. The molecule has 0 saturated carbocycles. The molecule has 1 aromatic heterocycles. The normalized spacial score (nSPS) is 16.8. The van der Waals surface area contributed by atoms with Crippen molar-refractivity contribution >= 4 is 17.8 Å². The van der Waals surface area contributed by atoms with Gasteiger partial charge in [0.05, 0.1) is 7.11 Å². The number of amides is 1. The van der Waals surface area contributed by atoms with Crippen LogP contribution in [0.4, 0.5) is 11.9 Å². The molecule has 0 aromatic carbocycles. The largest absolute Gasteiger partial charge is 0.467 e. The van der Waals surface area contributed by atoms with Crippen molar-refractivity contribution in [2.24, 2.45) is 0 Å². The molecule has 1 aromatic rings. The smallest absolute Gasteiger partial charge is 0.322 e. The van der Waals surface area contributed by atoms with Gasteiger partial charge in [0, 0.05) is 18.6 Å². The maximum atomic E-state index is 12.3. The summed E-state index contributed by atoms with van der Waals surface area (Å²) in [5.41, 5.74) is -0.291. The van der Waals surface area contributed by atoms with Gasteiger partial charge in [0.15, 0.2) is 0 Å². The quantitative estimate of drug-likeness (QED) is 0.839. The minimum atomic E-state index is -0.469. The molecule has 0 bridgehead atoms. The number of carbonyl (C=O) groups is 1. The van der Waals surface area contributed by atoms with Gasteiger partial charge < -0.3 is 20.3 Å². The van der Waals surface area contributed by atoms with Gasteiger partial charge in [-0.25, -0.2) is 0 Å². The standard InChI is InChI=1S/C17H30N6O2/c1-12(13(24)22-17(2,3)4)18-14-19-15(21-16(20-14)25-5)23-10-8-6-7-9-11-23/h12H,6-11H2,1-5H3,(H,22,24)(H,18,19,20,21). The van der Waals surface area contributed by atoms with Gasteiger partial charge in [-0.05, 0) is 40.5 Å². The van der Waals surface area contributed by atoms with E-state index in [9.17, 15) is 4.79 Å². The second-order valence-electron chi connectivity index (χ2n) is 7.45. The van der Waals surface area contributed by atoms with Crippen LogP contribution in [0.3, 0.4) is 0 Å². The summed E-state index contributed by atoms with van der Waals surface area (Å²) in [7, 11) is 1.53. The Hall–Kier alpha value is -2.12. The number of nitrogens with one attached hydrogen (secondary N) is 2. The molecule has 8 nitrogen and oxygen atoms in total. The lowest BCUT2D eigenvalue weighted by molar-refractivity contribution is -0.122. The summed E-state index contributed by atoms with van der Waals surface area (Å²) in [6, 6.07) is -0.219. The summed E-state index contributed by atoms with van der Waals surface area (Å²) in [6.07, 6.45) is 4.71. The van der Waals surface area contributed by atoms with Crippen LogP contribution in [-0.2, 0) is 4.79 Å². The van der Waals surface area contributed by atoms with Gasteiger partial charge in [-0.15, -0.1) is 0 Å². The van der Waals surface area contributed by atoms with Gasteiger partial charge in [-0.1, -0.05) is 12.8 Å². The van der Waals surface area contributed by atoms with E-state index in [0.717, 1.165) is 25.9 Å². The van der Waals surface area contributed by atoms with E-state index in [0.29, 0.717) is 11.9 Å². The van der Waals surface area contributed by atoms with Crippen LogP contribution in [-0.4, -0.2) is 52.6 Å². The van der Waals surface area contributed by atoms with Gasteiger partial charge in [0.25, 0.3) is 0 Å². The van der Waals surface area contributed by atoms with Crippen LogP contribution in [0.15, 0.2) is 0 Å². The predicted octanol–water partition coefficient (Wildman–Crippen LogP) is 1.98. The number of hydrogen-bond donors (Lipinski definition) is 2. The number of methoxy groups -OCH3 is 1. The second kappa shape index (κ2) is 8.31. The molecule has 8 heteroatoms. The summed E-state index contributed by atoms with van der Waals surface area (Å²) in [5.74, 6) is 0.838. The molecule has 1 atom stereocenters. The van der Waals surface area contributed by atoms with E-state index in [1.165, 1.54) is 20.0 Å². The maximum Gasteiger partial charge on any atom is 0.322 e. The highest BCUT2D eigenvalue weighted by Gasteiger charge is 2.21. The predicted molar refractivity (Wildman–Crippen MR) is 98.0 cm³/mol. The highest BCUT2D eigenvalue weighted by molar-refractivity contribution is 5.84. The SMILES string of the molecule is COc1nc(NC(C)C(=O)NC(C)(C)C)nc(N2CCCCCC2)n1. The molecule has 1 aliphatic rings. The van der Waals surface area contributed by atoms with E-state index < -0.39 is 6.04 Å². The third kappa shape index (κ3) is 6.03. The Morgan fingerprint density at radius 1 is 1.12 bits per heavy atom. The molecule has 2 rings (SSSR count). The molecule has 0 radical (unpaired) electrons. The first-order valence-corrected chi connectivity index (χ1v) is 8.92. The molecular weight excluding hydrogens is 320 g/mol. The fraction of sp³-hybridized carbons (Fsp3) is 0.765. The average molecular weight is 350 g/mol. The Balaban J connectivity index is 2.14. The van der Waals surface area contributed by atoms with Crippen molar-refractivity contribution in [3.8, 4) is 6.01 Å². The van der Waals surface area contributed by atoms with Gasteiger partial charge in [-0.2, -0.15) is 15.0 Å². The zero-order valence-electron chi connectivity index (χ0n) is 15.9. The summed E-state index contributed by atoms with van der Waals surface area (Å²) < 4.78 is 5.21. The van der Waals surface area contributed by atoms with Crippen molar-refractivity contribution in [2.75, 3.05) is 30.4 Å². The molecule has 1 saturated heterocycles. The number of hydrogen-bond acceptors (Lipinski definition) is 7. The molecule has 1 fully saturated rings. The zero-order chi connectivity index (χ0) is 18.4. The molecule has 0 spiro atoms. The summed E-state index contributed by atoms with van der Waals surface area (Å²) in [4.78, 5) is 27.5. The molecule has 2 heterocycles. The summed E-state index contributed by atoms with van der Waals surface area (Å²) in [5, 5.41) is 5.99. The van der Waals surface area contributed by atoms with Crippen LogP contribution >= 0.6 is 0 Å². The van der Waals surface area contributed by atoms with Crippen molar-refractivity contribution in [1.29, 1.82) is 0 Å². The lowest BCUT2D eigenvalue weighted by atomic mass is 10.1. The fourth-order valence-electron chi connectivity index (χ4n) is 2.65. The van der Waals surface area contributed by atoms with Crippen LogP contribution in [0.5, 0.6) is 6.01 Å². The van der Waals surface area contributed by atoms with Gasteiger partial charge >= 0.3 is 6.01 Å². The Labute approximate surface area is 149 Å². The van der Waals surface area contributed by atoms with Gasteiger partial charge in [0.1, 0.15) is 6.04 Å². The molecule has 0 aliphatic carbocycles. The van der Waals surface area contributed by atoms with E-state index in [1.807, 2.05) is 20.8 Å². The van der Waals surface area contributed by atoms with Crippen molar-refractivity contribution < 1.29 is 9.53 Å². The molecule has 25 heavy (non-hydrogen) atoms. The maximum absolute atomic E-state index is 12.3. The first-order chi connectivity index (χ1) is 11.8. The Kier molecular flexibility index (Phi) is 6.39. The van der Waals surface area contributed by atoms with Crippen molar-refractivity contribution in [1.82, 2.24) is 20.3 Å². The molecule has 1 amide bonds. The Bertz CT molecular complexity index is 579. The number of nitrogens with zero attached hydrogens (tertiary/aromatic N) is 4.